The molecule has 2 aromatic carbocycles. The highest BCUT2D eigenvalue weighted by molar-refractivity contribution is 6.01. The summed E-state index contributed by atoms with van der Waals surface area (Å²) in [5.41, 5.74) is 2.04. The van der Waals surface area contributed by atoms with Crippen molar-refractivity contribution in [2.75, 3.05) is 12.1 Å². The van der Waals surface area contributed by atoms with Gasteiger partial charge in [0.25, 0.3) is 5.91 Å². The van der Waals surface area contributed by atoms with Gasteiger partial charge >= 0.3 is 5.97 Å². The van der Waals surface area contributed by atoms with E-state index < -0.39 is 18.0 Å². The Morgan fingerprint density at radius 1 is 1.18 bits per heavy atom. The lowest BCUT2D eigenvalue weighted by atomic mass is 10.1. The molecular weight excluding hydrogens is 360 g/mol. The van der Waals surface area contributed by atoms with Gasteiger partial charge in [-0.3, -0.25) is 4.79 Å². The van der Waals surface area contributed by atoms with E-state index in [-0.39, 0.29) is 12.4 Å². The third kappa shape index (κ3) is 4.48. The molecule has 1 amide bonds. The van der Waals surface area contributed by atoms with Crippen LogP contribution < -0.4 is 14.8 Å². The molecule has 3 rings (SSSR count). The van der Waals surface area contributed by atoms with Crippen molar-refractivity contribution in [2.45, 2.75) is 20.0 Å². The minimum atomic E-state index is -1.09. The van der Waals surface area contributed by atoms with Crippen LogP contribution in [0.3, 0.4) is 0 Å². The minimum Gasteiger partial charge on any atom is -0.454 e. The zero-order chi connectivity index (χ0) is 20.1. The topological polar surface area (TPSA) is 97.7 Å². The van der Waals surface area contributed by atoms with Gasteiger partial charge in [-0.2, -0.15) is 5.26 Å². The van der Waals surface area contributed by atoms with Crippen LogP contribution in [0.25, 0.3) is 6.08 Å². The molecule has 1 aliphatic heterocycles. The Morgan fingerprint density at radius 2 is 1.89 bits per heavy atom. The minimum absolute atomic E-state index is 0.130. The Hall–Kier alpha value is -3.79. The smallest absolute Gasteiger partial charge is 0.349 e. The van der Waals surface area contributed by atoms with Gasteiger partial charge in [0.15, 0.2) is 17.6 Å². The molecular formula is C21H18N2O5. The van der Waals surface area contributed by atoms with Crippen LogP contribution in [0.4, 0.5) is 5.69 Å². The lowest BCUT2D eigenvalue weighted by molar-refractivity contribution is -0.148. The molecule has 0 aromatic heterocycles. The van der Waals surface area contributed by atoms with E-state index in [0.29, 0.717) is 22.7 Å². The molecule has 0 saturated heterocycles. The molecule has 1 atom stereocenters. The van der Waals surface area contributed by atoms with Crippen molar-refractivity contribution in [1.29, 1.82) is 5.26 Å². The highest BCUT2D eigenvalue weighted by Crippen LogP contribution is 2.34. The molecule has 2 aromatic rings. The molecule has 0 saturated carbocycles. The van der Waals surface area contributed by atoms with Crippen molar-refractivity contribution in [1.82, 2.24) is 0 Å². The molecule has 0 bridgehead atoms. The molecule has 142 valence electrons. The Labute approximate surface area is 162 Å². The molecule has 1 aliphatic rings. The van der Waals surface area contributed by atoms with E-state index >= 15 is 0 Å². The lowest BCUT2D eigenvalue weighted by Gasteiger charge is -2.13. The van der Waals surface area contributed by atoms with Crippen LogP contribution in [0.15, 0.2) is 48.0 Å². The summed E-state index contributed by atoms with van der Waals surface area (Å²) in [6.07, 6.45) is 0.331. The van der Waals surface area contributed by atoms with Crippen molar-refractivity contribution in [2.24, 2.45) is 0 Å². The third-order valence-electron chi connectivity index (χ3n) is 4.02. The predicted molar refractivity (Wildman–Crippen MR) is 102 cm³/mol. The second-order valence-electron chi connectivity index (χ2n) is 6.19. The van der Waals surface area contributed by atoms with Gasteiger partial charge in [0.2, 0.25) is 6.79 Å². The van der Waals surface area contributed by atoms with Gasteiger partial charge in [-0.15, -0.1) is 0 Å². The summed E-state index contributed by atoms with van der Waals surface area (Å²) in [5.74, 6) is -0.274. The number of benzene rings is 2. The molecule has 0 unspecified atom stereocenters. The zero-order valence-corrected chi connectivity index (χ0v) is 15.4. The van der Waals surface area contributed by atoms with Gasteiger partial charge in [-0.05, 0) is 37.6 Å². The van der Waals surface area contributed by atoms with E-state index in [0.717, 1.165) is 5.56 Å². The first-order valence-electron chi connectivity index (χ1n) is 8.56. The second kappa shape index (κ2) is 8.27. The maximum atomic E-state index is 12.3. The Kier molecular flexibility index (Phi) is 5.61. The molecule has 0 fully saturated rings. The number of ether oxygens (including phenoxy) is 3. The number of carbonyl (C=O) groups is 2. The van der Waals surface area contributed by atoms with Crippen LogP contribution in [0.2, 0.25) is 0 Å². The number of hydrogen-bond acceptors (Lipinski definition) is 6. The fourth-order valence-electron chi connectivity index (χ4n) is 2.46. The SMILES string of the molecule is Cc1ccc(/C=C(\C#N)C(=O)O[C@@H](C)C(=O)Nc2ccc3c(c2)OCO3)cc1. The number of anilines is 1. The largest absolute Gasteiger partial charge is 0.454 e. The van der Waals surface area contributed by atoms with Crippen molar-refractivity contribution in [3.63, 3.8) is 0 Å². The first-order chi connectivity index (χ1) is 13.5. The summed E-state index contributed by atoms with van der Waals surface area (Å²) >= 11 is 0. The van der Waals surface area contributed by atoms with E-state index in [2.05, 4.69) is 5.32 Å². The second-order valence-corrected chi connectivity index (χ2v) is 6.19. The summed E-state index contributed by atoms with van der Waals surface area (Å²) in [7, 11) is 0. The van der Waals surface area contributed by atoms with E-state index in [9.17, 15) is 14.9 Å². The van der Waals surface area contributed by atoms with Crippen LogP contribution in [0, 0.1) is 18.3 Å². The first kappa shape index (κ1) is 19.0. The summed E-state index contributed by atoms with van der Waals surface area (Å²) in [6.45, 7) is 3.50. The van der Waals surface area contributed by atoms with Gasteiger partial charge in [-0.1, -0.05) is 29.8 Å². The maximum absolute atomic E-state index is 12.3. The average Bonchev–Trinajstić information content (AvgIpc) is 3.15. The fraction of sp³-hybridized carbons (Fsp3) is 0.190. The molecule has 0 aliphatic carbocycles. The zero-order valence-electron chi connectivity index (χ0n) is 15.4. The monoisotopic (exact) mass is 378 g/mol. The Balaban J connectivity index is 1.63. The van der Waals surface area contributed by atoms with Crippen LogP contribution in [-0.2, 0) is 14.3 Å². The number of nitriles is 1. The molecule has 0 spiro atoms. The van der Waals surface area contributed by atoms with E-state index in [1.807, 2.05) is 25.1 Å². The van der Waals surface area contributed by atoms with Crippen molar-refractivity contribution >= 4 is 23.6 Å². The molecule has 7 nitrogen and oxygen atoms in total. The van der Waals surface area contributed by atoms with E-state index in [1.54, 1.807) is 30.3 Å². The molecule has 1 heterocycles. The number of carbonyl (C=O) groups excluding carboxylic acids is 2. The third-order valence-corrected chi connectivity index (χ3v) is 4.02. The number of nitrogens with zero attached hydrogens (tertiary/aromatic N) is 1. The van der Waals surface area contributed by atoms with Crippen LogP contribution in [-0.4, -0.2) is 24.8 Å². The molecule has 7 heteroatoms. The van der Waals surface area contributed by atoms with Crippen molar-refractivity contribution in [3.8, 4) is 17.6 Å². The number of fused-ring (bicyclic) bond motifs is 1. The number of amides is 1. The normalized spacial score (nSPS) is 13.4. The number of nitrogens with one attached hydrogen (secondary N) is 1. The number of rotatable bonds is 5. The maximum Gasteiger partial charge on any atom is 0.349 e. The van der Waals surface area contributed by atoms with E-state index in [4.69, 9.17) is 14.2 Å². The standard InChI is InChI=1S/C21H18N2O5/c1-13-3-5-15(6-4-13)9-16(11-22)21(25)28-14(2)20(24)23-17-7-8-18-19(10-17)27-12-26-18/h3-10,14H,12H2,1-2H3,(H,23,24)/b16-9+/t14-/m0/s1. The summed E-state index contributed by atoms with van der Waals surface area (Å²) in [5, 5.41) is 11.9. The fourth-order valence-corrected chi connectivity index (χ4v) is 2.46. The van der Waals surface area contributed by atoms with E-state index in [1.165, 1.54) is 13.0 Å². The number of esters is 1. The summed E-state index contributed by atoms with van der Waals surface area (Å²) < 4.78 is 15.6. The highest BCUT2D eigenvalue weighted by Gasteiger charge is 2.21. The molecule has 0 radical (unpaired) electrons. The van der Waals surface area contributed by atoms with Gasteiger partial charge < -0.3 is 19.5 Å². The van der Waals surface area contributed by atoms with Crippen LogP contribution in [0.1, 0.15) is 18.1 Å². The van der Waals surface area contributed by atoms with Gasteiger partial charge in [0.1, 0.15) is 11.6 Å². The van der Waals surface area contributed by atoms with Gasteiger partial charge in [0, 0.05) is 11.8 Å². The van der Waals surface area contributed by atoms with Gasteiger partial charge in [-0.25, -0.2) is 4.79 Å². The van der Waals surface area contributed by atoms with Crippen molar-refractivity contribution < 1.29 is 23.8 Å². The van der Waals surface area contributed by atoms with Gasteiger partial charge in [0.05, 0.1) is 0 Å². The number of aryl methyl sites for hydroxylation is 1. The van der Waals surface area contributed by atoms with Crippen LogP contribution >= 0.6 is 0 Å². The average molecular weight is 378 g/mol. The highest BCUT2D eigenvalue weighted by atomic mass is 16.7. The lowest BCUT2D eigenvalue weighted by Crippen LogP contribution is -2.30. The van der Waals surface area contributed by atoms with Crippen LogP contribution in [0.5, 0.6) is 11.5 Å². The predicted octanol–water partition coefficient (Wildman–Crippen LogP) is 3.20. The Morgan fingerprint density at radius 3 is 2.61 bits per heavy atom. The summed E-state index contributed by atoms with van der Waals surface area (Å²) in [6, 6.07) is 14.1. The molecule has 28 heavy (non-hydrogen) atoms. The summed E-state index contributed by atoms with van der Waals surface area (Å²) in [4.78, 5) is 24.5. The van der Waals surface area contributed by atoms with Crippen molar-refractivity contribution in [3.05, 3.63) is 59.2 Å². The Bertz CT molecular complexity index is 973. The quantitative estimate of drug-likeness (QED) is 0.487. The number of hydrogen-bond donors (Lipinski definition) is 1. The molecule has 1 N–H and O–H groups in total. The first-order valence-corrected chi connectivity index (χ1v) is 8.56.